The summed E-state index contributed by atoms with van der Waals surface area (Å²) in [5, 5.41) is 3.54. The number of nitrogens with one attached hydrogen (secondary N) is 1. The van der Waals surface area contributed by atoms with Gasteiger partial charge in [0.05, 0.1) is 0 Å². The molecule has 0 saturated carbocycles. The van der Waals surface area contributed by atoms with Crippen LogP contribution in [0.1, 0.15) is 100 Å². The van der Waals surface area contributed by atoms with Crippen LogP contribution < -0.4 is 11.1 Å². The summed E-state index contributed by atoms with van der Waals surface area (Å²) < 4.78 is 0. The summed E-state index contributed by atoms with van der Waals surface area (Å²) in [6, 6.07) is 2.21. The molecule has 4 rings (SSSR count). The first kappa shape index (κ1) is 31.8. The first-order valence-corrected chi connectivity index (χ1v) is 15.4. The van der Waals surface area contributed by atoms with Gasteiger partial charge in [-0.1, -0.05) is 70.4 Å². The molecule has 3 aliphatic carbocycles. The molecule has 0 amide bonds. The van der Waals surface area contributed by atoms with Gasteiger partial charge in [-0.2, -0.15) is 0 Å². The first-order chi connectivity index (χ1) is 19.1. The van der Waals surface area contributed by atoms with E-state index in [1.165, 1.54) is 43.0 Å². The molecular formula is C36H52N2O2. The van der Waals surface area contributed by atoms with Gasteiger partial charge in [0.2, 0.25) is 0 Å². The van der Waals surface area contributed by atoms with E-state index in [-0.39, 0.29) is 35.2 Å². The maximum absolute atomic E-state index is 14.4. The van der Waals surface area contributed by atoms with Crippen molar-refractivity contribution >= 4 is 17.3 Å². The van der Waals surface area contributed by atoms with E-state index < -0.39 is 0 Å². The maximum Gasteiger partial charge on any atom is 0.189 e. The normalized spacial score (nSPS) is 25.5. The van der Waals surface area contributed by atoms with Crippen LogP contribution in [0.15, 0.2) is 53.3 Å². The van der Waals surface area contributed by atoms with E-state index in [2.05, 4.69) is 78.7 Å². The molecule has 0 saturated heterocycles. The Morgan fingerprint density at radius 3 is 2.35 bits per heavy atom. The third-order valence-electron chi connectivity index (χ3n) is 9.98. The number of Topliss-reactive ketones (excluding diaryl/α,β-unsaturated/α-hetero) is 2. The Kier molecular flexibility index (Phi) is 10.6. The molecule has 0 radical (unpaired) electrons. The Balaban J connectivity index is 0.00000216. The molecule has 0 aromatic heterocycles. The first-order valence-electron chi connectivity index (χ1n) is 15.4. The van der Waals surface area contributed by atoms with E-state index in [0.29, 0.717) is 5.92 Å². The molecule has 3 aliphatic rings. The van der Waals surface area contributed by atoms with Gasteiger partial charge in [-0.3, -0.25) is 9.59 Å². The van der Waals surface area contributed by atoms with Crippen molar-refractivity contribution in [3.8, 4) is 0 Å². The largest absolute Gasteiger partial charge is 0.359 e. The van der Waals surface area contributed by atoms with Gasteiger partial charge < -0.3 is 11.1 Å². The van der Waals surface area contributed by atoms with Crippen LogP contribution in [0.4, 0.5) is 5.69 Å². The average Bonchev–Trinajstić information content (AvgIpc) is 2.93. The fourth-order valence-electron chi connectivity index (χ4n) is 7.92. The molecule has 4 nitrogen and oxygen atoms in total. The molecule has 3 unspecified atom stereocenters. The molecule has 0 aliphatic heterocycles. The molecule has 0 bridgehead atoms. The van der Waals surface area contributed by atoms with E-state index in [0.717, 1.165) is 64.9 Å². The lowest BCUT2D eigenvalue weighted by Crippen LogP contribution is -2.48. The van der Waals surface area contributed by atoms with E-state index >= 15 is 0 Å². The van der Waals surface area contributed by atoms with Gasteiger partial charge >= 0.3 is 0 Å². The van der Waals surface area contributed by atoms with Crippen molar-refractivity contribution in [3.63, 3.8) is 0 Å². The standard InChI is InChI=1S/C35H47NO2.CH5N/c1-10-13-14-15-16-20(5)36-29-17-19(4)27-18-28-22(7)30-25(11-2)21(6)26(12-3)34(37)33(30)24(9)32(28)35(38)31(27)23(29)8;1-2/h12,17,22,25,28,30,33,36H,3,5,10-11,13-16,18H2,1-2,4,6-9H3;2H2,1H3/t22-,25+,28?,30?,33?;/m0./s1. The number of rotatable bonds is 9. The van der Waals surface area contributed by atoms with Gasteiger partial charge in [-0.15, -0.1) is 0 Å². The lowest BCUT2D eigenvalue weighted by Gasteiger charge is -2.50. The summed E-state index contributed by atoms with van der Waals surface area (Å²) >= 11 is 0. The lowest BCUT2D eigenvalue weighted by atomic mass is 9.52. The fourth-order valence-corrected chi connectivity index (χ4v) is 7.92. The Labute approximate surface area is 243 Å². The third-order valence-corrected chi connectivity index (χ3v) is 9.98. The Hall–Kier alpha value is -2.72. The SMILES string of the molecule is C=CC1=C(C)[C@@H](CC)C2C(C1=O)C(C)=C1C(=O)c3c(C)c(NC(=C)CCCCCC)cc(C)c3CC1[C@@H]2C.CN. The summed E-state index contributed by atoms with van der Waals surface area (Å²) in [4.78, 5) is 28.1. The molecule has 3 N–H and O–H groups in total. The number of benzene rings is 1. The minimum absolute atomic E-state index is 0.129. The van der Waals surface area contributed by atoms with Crippen LogP contribution in [-0.4, -0.2) is 18.6 Å². The number of aryl methyl sites for hydroxylation is 1. The average molecular weight is 545 g/mol. The second kappa shape index (κ2) is 13.3. The summed E-state index contributed by atoms with van der Waals surface area (Å²) in [7, 11) is 1.50. The third kappa shape index (κ3) is 5.44. The zero-order chi connectivity index (χ0) is 29.9. The Morgan fingerprint density at radius 1 is 1.07 bits per heavy atom. The molecule has 0 spiro atoms. The molecular weight excluding hydrogens is 492 g/mol. The predicted molar refractivity (Wildman–Crippen MR) is 170 cm³/mol. The lowest BCUT2D eigenvalue weighted by molar-refractivity contribution is -0.122. The van der Waals surface area contributed by atoms with Crippen molar-refractivity contribution in [3.05, 3.63) is 75.5 Å². The van der Waals surface area contributed by atoms with Gasteiger partial charge in [-0.05, 0) is 107 Å². The number of unbranched alkanes of at least 4 members (excludes halogenated alkanes) is 3. The number of carbonyl (C=O) groups is 2. The molecule has 5 atom stereocenters. The maximum atomic E-state index is 14.4. The van der Waals surface area contributed by atoms with Crippen LogP contribution in [0, 0.1) is 43.4 Å². The van der Waals surface area contributed by atoms with Crippen molar-refractivity contribution in [1.82, 2.24) is 0 Å². The van der Waals surface area contributed by atoms with Gasteiger partial charge in [0.25, 0.3) is 0 Å². The second-order valence-electron chi connectivity index (χ2n) is 12.1. The number of carbonyl (C=O) groups excluding carboxylic acids is 2. The molecule has 0 heterocycles. The second-order valence-corrected chi connectivity index (χ2v) is 12.1. The Morgan fingerprint density at radius 2 is 1.75 bits per heavy atom. The fraction of sp³-hybridized carbons (Fsp3) is 0.556. The summed E-state index contributed by atoms with van der Waals surface area (Å²) in [6.07, 6.45) is 9.36. The molecule has 0 fully saturated rings. The number of hydrogen-bond donors (Lipinski definition) is 2. The van der Waals surface area contributed by atoms with E-state index in [1.54, 1.807) is 6.08 Å². The number of nitrogens with two attached hydrogens (primary N) is 1. The number of hydrogen-bond acceptors (Lipinski definition) is 4. The molecule has 218 valence electrons. The number of allylic oxidation sites excluding steroid dienone is 6. The molecule has 40 heavy (non-hydrogen) atoms. The van der Waals surface area contributed by atoms with Crippen LogP contribution in [0.5, 0.6) is 0 Å². The smallest absolute Gasteiger partial charge is 0.189 e. The van der Waals surface area contributed by atoms with E-state index in [4.69, 9.17) is 0 Å². The molecule has 4 heteroatoms. The summed E-state index contributed by atoms with van der Waals surface area (Å²) in [5.74, 6) is 1.04. The van der Waals surface area contributed by atoms with Gasteiger partial charge in [0.1, 0.15) is 0 Å². The summed E-state index contributed by atoms with van der Waals surface area (Å²) in [5.41, 5.74) is 14.5. The highest BCUT2D eigenvalue weighted by atomic mass is 16.1. The number of ketones is 2. The molecule has 1 aromatic rings. The minimum atomic E-state index is -0.228. The number of anilines is 1. The van der Waals surface area contributed by atoms with E-state index in [9.17, 15) is 9.59 Å². The van der Waals surface area contributed by atoms with Crippen LogP contribution in [0.25, 0.3) is 0 Å². The van der Waals surface area contributed by atoms with Crippen LogP contribution in [-0.2, 0) is 11.2 Å². The zero-order valence-corrected chi connectivity index (χ0v) is 26.3. The van der Waals surface area contributed by atoms with Crippen molar-refractivity contribution in [2.45, 2.75) is 93.4 Å². The minimum Gasteiger partial charge on any atom is -0.359 e. The highest BCUT2D eigenvalue weighted by Crippen LogP contribution is 2.55. The highest BCUT2D eigenvalue weighted by Gasteiger charge is 2.52. The van der Waals surface area contributed by atoms with Crippen molar-refractivity contribution in [2.24, 2.45) is 35.3 Å². The number of fused-ring (bicyclic) bond motifs is 3. The molecule has 1 aromatic carbocycles. The van der Waals surface area contributed by atoms with Crippen molar-refractivity contribution < 1.29 is 9.59 Å². The summed E-state index contributed by atoms with van der Waals surface area (Å²) in [6.45, 7) is 23.4. The van der Waals surface area contributed by atoms with Crippen LogP contribution in [0.2, 0.25) is 0 Å². The topological polar surface area (TPSA) is 72.2 Å². The predicted octanol–water partition coefficient (Wildman–Crippen LogP) is 8.44. The Bertz CT molecular complexity index is 1250. The monoisotopic (exact) mass is 544 g/mol. The highest BCUT2D eigenvalue weighted by molar-refractivity contribution is 6.15. The van der Waals surface area contributed by atoms with Crippen LogP contribution in [0.3, 0.4) is 0 Å². The van der Waals surface area contributed by atoms with Crippen molar-refractivity contribution in [2.75, 3.05) is 12.4 Å². The van der Waals surface area contributed by atoms with E-state index in [1.807, 2.05) is 0 Å². The quantitative estimate of drug-likeness (QED) is 0.306. The van der Waals surface area contributed by atoms with Gasteiger partial charge in [-0.25, -0.2) is 0 Å². The van der Waals surface area contributed by atoms with Crippen molar-refractivity contribution in [1.29, 1.82) is 0 Å². The van der Waals surface area contributed by atoms with Crippen LogP contribution >= 0.6 is 0 Å². The van der Waals surface area contributed by atoms with Gasteiger partial charge in [0.15, 0.2) is 11.6 Å². The van der Waals surface area contributed by atoms with Gasteiger partial charge in [0, 0.05) is 34.0 Å². The zero-order valence-electron chi connectivity index (χ0n) is 26.3.